The molecule has 0 fully saturated rings. The summed E-state index contributed by atoms with van der Waals surface area (Å²) in [4.78, 5) is 23.9. The van der Waals surface area contributed by atoms with E-state index in [1.165, 1.54) is 37.5 Å². The summed E-state index contributed by atoms with van der Waals surface area (Å²) < 4.78 is 30.5. The van der Waals surface area contributed by atoms with Crippen molar-refractivity contribution in [2.45, 2.75) is 31.2 Å². The lowest BCUT2D eigenvalue weighted by atomic mass is 10.0. The highest BCUT2D eigenvalue weighted by Crippen LogP contribution is 2.19. The van der Waals surface area contributed by atoms with Gasteiger partial charge in [-0.25, -0.2) is 8.42 Å². The van der Waals surface area contributed by atoms with Crippen LogP contribution < -0.4 is 15.8 Å². The van der Waals surface area contributed by atoms with Crippen molar-refractivity contribution in [2.75, 3.05) is 7.11 Å². The molecule has 8 heteroatoms. The van der Waals surface area contributed by atoms with Crippen LogP contribution in [0.25, 0.3) is 0 Å². The van der Waals surface area contributed by atoms with E-state index in [2.05, 4.69) is 5.32 Å². The Morgan fingerprint density at radius 1 is 1.10 bits per heavy atom. The van der Waals surface area contributed by atoms with Gasteiger partial charge in [0.15, 0.2) is 9.84 Å². The number of carbonyl (C=O) groups is 2. The van der Waals surface area contributed by atoms with E-state index in [4.69, 9.17) is 10.5 Å². The summed E-state index contributed by atoms with van der Waals surface area (Å²) in [5, 5.41) is 3.93. The van der Waals surface area contributed by atoms with Gasteiger partial charge in [-0.05, 0) is 48.7 Å². The first-order chi connectivity index (χ1) is 14.1. The SMILES string of the molecule is COc1ccccc1C(=O)N[C@H](/C=C/S(=O)(=O)c1ccc(C(N)=O)cc1)CC(C)C. The number of primary amides is 1. The number of rotatable bonds is 9. The first-order valence-electron chi connectivity index (χ1n) is 9.41. The fourth-order valence-corrected chi connectivity index (χ4v) is 3.93. The van der Waals surface area contributed by atoms with E-state index in [9.17, 15) is 18.0 Å². The number of methoxy groups -OCH3 is 1. The Morgan fingerprint density at radius 3 is 2.30 bits per heavy atom. The number of ether oxygens (including phenoxy) is 1. The fourth-order valence-electron chi connectivity index (χ4n) is 2.86. The molecule has 7 nitrogen and oxygen atoms in total. The molecule has 0 aromatic heterocycles. The van der Waals surface area contributed by atoms with Gasteiger partial charge >= 0.3 is 0 Å². The quantitative estimate of drug-likeness (QED) is 0.635. The molecular weight excluding hydrogens is 404 g/mol. The molecule has 3 N–H and O–H groups in total. The Labute approximate surface area is 176 Å². The Kier molecular flexibility index (Phi) is 7.77. The molecule has 2 rings (SSSR count). The second-order valence-corrected chi connectivity index (χ2v) is 9.01. The fraction of sp³-hybridized carbons (Fsp3) is 0.273. The lowest BCUT2D eigenvalue weighted by Crippen LogP contribution is -2.34. The van der Waals surface area contributed by atoms with Crippen LogP contribution in [0, 0.1) is 5.92 Å². The summed E-state index contributed by atoms with van der Waals surface area (Å²) in [6, 6.07) is 11.7. The van der Waals surface area contributed by atoms with Crippen molar-refractivity contribution in [3.63, 3.8) is 0 Å². The highest BCUT2D eigenvalue weighted by molar-refractivity contribution is 7.94. The summed E-state index contributed by atoms with van der Waals surface area (Å²) >= 11 is 0. The van der Waals surface area contributed by atoms with Gasteiger partial charge < -0.3 is 15.8 Å². The molecule has 2 aromatic carbocycles. The molecule has 160 valence electrons. The average molecular weight is 431 g/mol. The van der Waals surface area contributed by atoms with Crippen LogP contribution in [0.4, 0.5) is 0 Å². The highest BCUT2D eigenvalue weighted by Gasteiger charge is 2.18. The number of hydrogen-bond donors (Lipinski definition) is 2. The molecule has 0 spiro atoms. The van der Waals surface area contributed by atoms with Gasteiger partial charge in [0.2, 0.25) is 5.91 Å². The second kappa shape index (κ2) is 10.1. The molecular formula is C22H26N2O5S. The van der Waals surface area contributed by atoms with Crippen LogP contribution in [-0.4, -0.2) is 33.4 Å². The van der Waals surface area contributed by atoms with Crippen molar-refractivity contribution in [3.8, 4) is 5.75 Å². The van der Waals surface area contributed by atoms with E-state index in [0.717, 1.165) is 5.41 Å². The van der Waals surface area contributed by atoms with Crippen molar-refractivity contribution in [1.82, 2.24) is 5.32 Å². The van der Waals surface area contributed by atoms with Crippen LogP contribution in [0.3, 0.4) is 0 Å². The third-order valence-electron chi connectivity index (χ3n) is 4.35. The molecule has 0 aliphatic carbocycles. The highest BCUT2D eigenvalue weighted by atomic mass is 32.2. The third kappa shape index (κ3) is 6.18. The van der Waals surface area contributed by atoms with E-state index in [-0.39, 0.29) is 22.3 Å². The molecule has 30 heavy (non-hydrogen) atoms. The van der Waals surface area contributed by atoms with Crippen LogP contribution in [0.15, 0.2) is 64.9 Å². The van der Waals surface area contributed by atoms with Crippen molar-refractivity contribution >= 4 is 21.7 Å². The van der Waals surface area contributed by atoms with Gasteiger partial charge in [0.05, 0.1) is 17.6 Å². The zero-order chi connectivity index (χ0) is 22.3. The number of nitrogens with one attached hydrogen (secondary N) is 1. The topological polar surface area (TPSA) is 116 Å². The van der Waals surface area contributed by atoms with Crippen molar-refractivity contribution in [2.24, 2.45) is 11.7 Å². The minimum atomic E-state index is -3.76. The van der Waals surface area contributed by atoms with Crippen LogP contribution >= 0.6 is 0 Å². The Bertz CT molecular complexity index is 1030. The number of para-hydroxylation sites is 1. The van der Waals surface area contributed by atoms with Crippen LogP contribution in [0.2, 0.25) is 0 Å². The number of hydrogen-bond acceptors (Lipinski definition) is 5. The van der Waals surface area contributed by atoms with E-state index in [1.807, 2.05) is 13.8 Å². The Hall–Kier alpha value is -3.13. The number of amides is 2. The minimum absolute atomic E-state index is 0.0307. The number of sulfone groups is 1. The van der Waals surface area contributed by atoms with Gasteiger partial charge in [-0.2, -0.15) is 0 Å². The van der Waals surface area contributed by atoms with Gasteiger partial charge in [-0.1, -0.05) is 32.1 Å². The second-order valence-electron chi connectivity index (χ2n) is 7.17. The third-order valence-corrected chi connectivity index (χ3v) is 5.80. The molecule has 2 amide bonds. The number of carbonyl (C=O) groups excluding carboxylic acids is 2. The van der Waals surface area contributed by atoms with E-state index in [1.54, 1.807) is 24.3 Å². The lowest BCUT2D eigenvalue weighted by molar-refractivity contribution is 0.0937. The van der Waals surface area contributed by atoms with Crippen molar-refractivity contribution in [1.29, 1.82) is 0 Å². The van der Waals surface area contributed by atoms with Gasteiger partial charge in [-0.3, -0.25) is 9.59 Å². The molecule has 0 radical (unpaired) electrons. The van der Waals surface area contributed by atoms with Gasteiger partial charge in [0.1, 0.15) is 5.75 Å². The molecule has 0 aliphatic heterocycles. The maximum absolute atomic E-state index is 12.7. The summed E-state index contributed by atoms with van der Waals surface area (Å²) in [5.74, 6) is -0.337. The van der Waals surface area contributed by atoms with Gasteiger partial charge in [-0.15, -0.1) is 0 Å². The summed E-state index contributed by atoms with van der Waals surface area (Å²) in [6.07, 6.45) is 2.01. The molecule has 0 unspecified atom stereocenters. The molecule has 0 bridgehead atoms. The summed E-state index contributed by atoms with van der Waals surface area (Å²) in [6.45, 7) is 3.96. The lowest BCUT2D eigenvalue weighted by Gasteiger charge is -2.18. The average Bonchev–Trinajstić information content (AvgIpc) is 2.71. The Balaban J connectivity index is 2.23. The maximum Gasteiger partial charge on any atom is 0.255 e. The normalized spacial score (nSPS) is 12.7. The zero-order valence-corrected chi connectivity index (χ0v) is 18.0. The molecule has 0 saturated heterocycles. The van der Waals surface area contributed by atoms with Crippen LogP contribution in [0.1, 0.15) is 41.0 Å². The van der Waals surface area contributed by atoms with Crippen molar-refractivity contribution in [3.05, 3.63) is 71.1 Å². The number of benzene rings is 2. The van der Waals surface area contributed by atoms with E-state index in [0.29, 0.717) is 17.7 Å². The van der Waals surface area contributed by atoms with E-state index < -0.39 is 21.8 Å². The predicted octanol–water partition coefficient (Wildman–Crippen LogP) is 2.93. The monoisotopic (exact) mass is 430 g/mol. The maximum atomic E-state index is 12.7. The zero-order valence-electron chi connectivity index (χ0n) is 17.2. The first kappa shape index (κ1) is 23.2. The summed E-state index contributed by atoms with van der Waals surface area (Å²) in [5.41, 5.74) is 5.77. The van der Waals surface area contributed by atoms with Crippen molar-refractivity contribution < 1.29 is 22.7 Å². The van der Waals surface area contributed by atoms with Gasteiger partial charge in [0.25, 0.3) is 5.91 Å². The van der Waals surface area contributed by atoms with Crippen LogP contribution in [0.5, 0.6) is 5.75 Å². The smallest absolute Gasteiger partial charge is 0.255 e. The Morgan fingerprint density at radius 2 is 1.73 bits per heavy atom. The standard InChI is InChI=1S/C22H26N2O5S/c1-15(2)14-17(24-22(26)19-6-4-5-7-20(19)29-3)12-13-30(27,28)18-10-8-16(9-11-18)21(23)25/h4-13,15,17H,14H2,1-3H3,(H2,23,25)(H,24,26)/b13-12+/t17-/m1/s1. The van der Waals surface area contributed by atoms with E-state index >= 15 is 0 Å². The number of nitrogens with two attached hydrogens (primary N) is 1. The molecule has 0 saturated carbocycles. The molecule has 0 heterocycles. The molecule has 1 atom stereocenters. The minimum Gasteiger partial charge on any atom is -0.496 e. The largest absolute Gasteiger partial charge is 0.496 e. The van der Waals surface area contributed by atoms with Crippen LogP contribution in [-0.2, 0) is 9.84 Å². The molecule has 0 aliphatic rings. The molecule has 2 aromatic rings. The van der Waals surface area contributed by atoms with Gasteiger partial charge in [0, 0.05) is 17.0 Å². The summed E-state index contributed by atoms with van der Waals surface area (Å²) in [7, 11) is -2.28. The predicted molar refractivity (Wildman–Crippen MR) is 115 cm³/mol. The first-order valence-corrected chi connectivity index (χ1v) is 11.0.